The summed E-state index contributed by atoms with van der Waals surface area (Å²) in [6.45, 7) is 5.45. The van der Waals surface area contributed by atoms with Gasteiger partial charge in [-0.2, -0.15) is 0 Å². The Bertz CT molecular complexity index is 495. The number of hydrogen-bond acceptors (Lipinski definition) is 4. The second-order valence-electron chi connectivity index (χ2n) is 4.10. The Kier molecular flexibility index (Phi) is 3.97. The van der Waals surface area contributed by atoms with Gasteiger partial charge in [0, 0.05) is 12.5 Å². The van der Waals surface area contributed by atoms with Crippen molar-refractivity contribution >= 4 is 21.6 Å². The van der Waals surface area contributed by atoms with E-state index in [1.807, 2.05) is 12.1 Å². The van der Waals surface area contributed by atoms with Crippen LogP contribution in [0.25, 0.3) is 10.2 Å². The molecule has 1 aromatic carbocycles. The normalized spacial score (nSPS) is 12.9. The van der Waals surface area contributed by atoms with Crippen molar-refractivity contribution in [3.63, 3.8) is 0 Å². The topological polar surface area (TPSA) is 48.1 Å². The summed E-state index contributed by atoms with van der Waals surface area (Å²) in [6.07, 6.45) is 1.11. The molecule has 2 N–H and O–H groups in total. The van der Waals surface area contributed by atoms with Gasteiger partial charge >= 0.3 is 0 Å². The van der Waals surface area contributed by atoms with Gasteiger partial charge in [-0.1, -0.05) is 19.9 Å². The number of ether oxygens (including phenoxy) is 1. The number of benzene rings is 1. The van der Waals surface area contributed by atoms with E-state index in [9.17, 15) is 0 Å². The highest BCUT2D eigenvalue weighted by Gasteiger charge is 2.12. The van der Waals surface area contributed by atoms with Crippen LogP contribution in [-0.4, -0.2) is 18.1 Å². The molecule has 0 fully saturated rings. The Hall–Kier alpha value is -1.13. The molecule has 2 rings (SSSR count). The minimum absolute atomic E-state index is 0.509. The van der Waals surface area contributed by atoms with E-state index in [0.717, 1.165) is 17.7 Å². The molecule has 0 aliphatic heterocycles. The molecule has 17 heavy (non-hydrogen) atoms. The third-order valence-electron chi connectivity index (χ3n) is 2.81. The first-order chi connectivity index (χ1) is 8.26. The van der Waals surface area contributed by atoms with Gasteiger partial charge in [0.2, 0.25) is 0 Å². The maximum Gasteiger partial charge on any atom is 0.146 e. The molecule has 0 saturated heterocycles. The summed E-state index contributed by atoms with van der Waals surface area (Å²) in [7, 11) is 0. The Balaban J connectivity index is 2.38. The molecule has 2 aromatic rings. The first kappa shape index (κ1) is 12.3. The Morgan fingerprint density at radius 2 is 2.29 bits per heavy atom. The zero-order valence-corrected chi connectivity index (χ0v) is 11.1. The van der Waals surface area contributed by atoms with Crippen LogP contribution in [0.5, 0.6) is 5.75 Å². The lowest BCUT2D eigenvalue weighted by atomic mass is 10.1. The number of rotatable bonds is 5. The van der Waals surface area contributed by atoms with Crippen LogP contribution in [-0.2, 0) is 0 Å². The highest BCUT2D eigenvalue weighted by atomic mass is 32.1. The summed E-state index contributed by atoms with van der Waals surface area (Å²) >= 11 is 1.76. The molecule has 3 nitrogen and oxygen atoms in total. The maximum atomic E-state index is 5.61. The van der Waals surface area contributed by atoms with Crippen molar-refractivity contribution in [1.29, 1.82) is 0 Å². The van der Waals surface area contributed by atoms with Gasteiger partial charge in [-0.05, 0) is 18.6 Å². The van der Waals surface area contributed by atoms with Gasteiger partial charge in [-0.25, -0.2) is 4.98 Å². The van der Waals surface area contributed by atoms with Gasteiger partial charge < -0.3 is 10.5 Å². The largest absolute Gasteiger partial charge is 0.490 e. The summed E-state index contributed by atoms with van der Waals surface area (Å²) in [6, 6.07) is 6.05. The first-order valence-electron chi connectivity index (χ1n) is 5.98. The standard InChI is InChI=1S/C13H18N2OS/c1-3-9(2)13-15-12-10(16-8-7-14)5-4-6-11(12)17-13/h4-6,9H,3,7-8,14H2,1-2H3. The number of hydrogen-bond donors (Lipinski definition) is 1. The van der Waals surface area contributed by atoms with E-state index in [1.165, 1.54) is 9.71 Å². The van der Waals surface area contributed by atoms with Crippen LogP contribution in [0, 0.1) is 0 Å². The van der Waals surface area contributed by atoms with Crippen molar-refractivity contribution in [1.82, 2.24) is 4.98 Å². The van der Waals surface area contributed by atoms with E-state index in [1.54, 1.807) is 11.3 Å². The molecular weight excluding hydrogens is 232 g/mol. The fourth-order valence-electron chi connectivity index (χ4n) is 1.61. The Morgan fingerprint density at radius 1 is 1.47 bits per heavy atom. The molecule has 92 valence electrons. The molecule has 0 amide bonds. The van der Waals surface area contributed by atoms with Gasteiger partial charge in [0.05, 0.1) is 9.71 Å². The molecule has 1 aromatic heterocycles. The molecule has 4 heteroatoms. The van der Waals surface area contributed by atoms with Gasteiger partial charge in [0.25, 0.3) is 0 Å². The predicted octanol–water partition coefficient (Wildman–Crippen LogP) is 3.15. The number of para-hydroxylation sites is 1. The predicted molar refractivity (Wildman–Crippen MR) is 72.9 cm³/mol. The maximum absolute atomic E-state index is 5.61. The lowest BCUT2D eigenvalue weighted by Gasteiger charge is -2.04. The summed E-state index contributed by atoms with van der Waals surface area (Å²) in [5, 5.41) is 1.19. The molecule has 1 heterocycles. The molecule has 0 aliphatic rings. The first-order valence-corrected chi connectivity index (χ1v) is 6.80. The smallest absolute Gasteiger partial charge is 0.146 e. The SMILES string of the molecule is CCC(C)c1nc2c(OCCN)cccc2s1. The summed E-state index contributed by atoms with van der Waals surface area (Å²) < 4.78 is 6.80. The van der Waals surface area contributed by atoms with E-state index >= 15 is 0 Å². The van der Waals surface area contributed by atoms with Crippen molar-refractivity contribution < 1.29 is 4.74 Å². The van der Waals surface area contributed by atoms with E-state index in [0.29, 0.717) is 19.1 Å². The van der Waals surface area contributed by atoms with Crippen molar-refractivity contribution in [3.05, 3.63) is 23.2 Å². The number of nitrogens with zero attached hydrogens (tertiary/aromatic N) is 1. The average molecular weight is 250 g/mol. The fraction of sp³-hybridized carbons (Fsp3) is 0.462. The lowest BCUT2D eigenvalue weighted by Crippen LogP contribution is -2.10. The summed E-state index contributed by atoms with van der Waals surface area (Å²) in [4.78, 5) is 4.69. The quantitative estimate of drug-likeness (QED) is 0.886. The highest BCUT2D eigenvalue weighted by Crippen LogP contribution is 2.33. The molecule has 0 saturated carbocycles. The van der Waals surface area contributed by atoms with Crippen LogP contribution in [0.3, 0.4) is 0 Å². The van der Waals surface area contributed by atoms with Gasteiger partial charge in [-0.3, -0.25) is 0 Å². The van der Waals surface area contributed by atoms with Gasteiger partial charge in [0.1, 0.15) is 17.9 Å². The Morgan fingerprint density at radius 3 is 3.00 bits per heavy atom. The third-order valence-corrected chi connectivity index (χ3v) is 4.06. The lowest BCUT2D eigenvalue weighted by molar-refractivity contribution is 0.331. The minimum atomic E-state index is 0.509. The molecule has 0 aliphatic carbocycles. The van der Waals surface area contributed by atoms with Crippen LogP contribution in [0.2, 0.25) is 0 Å². The van der Waals surface area contributed by atoms with Crippen LogP contribution in [0.1, 0.15) is 31.2 Å². The molecule has 0 bridgehead atoms. The molecule has 0 spiro atoms. The average Bonchev–Trinajstić information content (AvgIpc) is 2.79. The third kappa shape index (κ3) is 2.58. The molecule has 1 unspecified atom stereocenters. The molecular formula is C13H18N2OS. The van der Waals surface area contributed by atoms with Crippen molar-refractivity contribution in [2.75, 3.05) is 13.2 Å². The second kappa shape index (κ2) is 5.47. The summed E-state index contributed by atoms with van der Waals surface area (Å²) in [5.41, 5.74) is 6.43. The fourth-order valence-corrected chi connectivity index (χ4v) is 2.73. The van der Waals surface area contributed by atoms with E-state index < -0.39 is 0 Å². The van der Waals surface area contributed by atoms with Crippen molar-refractivity contribution in [2.24, 2.45) is 5.73 Å². The minimum Gasteiger partial charge on any atom is -0.490 e. The van der Waals surface area contributed by atoms with Crippen molar-refractivity contribution in [2.45, 2.75) is 26.2 Å². The van der Waals surface area contributed by atoms with Crippen molar-refractivity contribution in [3.8, 4) is 5.75 Å². The van der Waals surface area contributed by atoms with Gasteiger partial charge in [-0.15, -0.1) is 11.3 Å². The Labute approximate surface area is 106 Å². The number of aromatic nitrogens is 1. The monoisotopic (exact) mass is 250 g/mol. The second-order valence-corrected chi connectivity index (χ2v) is 5.16. The van der Waals surface area contributed by atoms with Crippen LogP contribution < -0.4 is 10.5 Å². The van der Waals surface area contributed by atoms with E-state index in [2.05, 4.69) is 24.9 Å². The van der Waals surface area contributed by atoms with Gasteiger partial charge in [0.15, 0.2) is 0 Å². The van der Waals surface area contributed by atoms with E-state index in [4.69, 9.17) is 10.5 Å². The summed E-state index contributed by atoms with van der Waals surface area (Å²) in [5.74, 6) is 1.36. The van der Waals surface area contributed by atoms with Crippen LogP contribution in [0.15, 0.2) is 18.2 Å². The van der Waals surface area contributed by atoms with E-state index in [-0.39, 0.29) is 0 Å². The molecule has 1 atom stereocenters. The van der Waals surface area contributed by atoms with Crippen LogP contribution >= 0.6 is 11.3 Å². The zero-order chi connectivity index (χ0) is 12.3. The molecule has 0 radical (unpaired) electrons. The number of nitrogens with two attached hydrogens (primary N) is 1. The number of fused-ring (bicyclic) bond motifs is 1. The zero-order valence-electron chi connectivity index (χ0n) is 10.3. The highest BCUT2D eigenvalue weighted by molar-refractivity contribution is 7.18. The number of thiazole rings is 1. The van der Waals surface area contributed by atoms with Crippen LogP contribution in [0.4, 0.5) is 0 Å².